The normalized spacial score (nSPS) is 17.2. The maximum atomic E-state index is 6.44. The van der Waals surface area contributed by atoms with E-state index in [1.807, 2.05) is 6.07 Å². The van der Waals surface area contributed by atoms with Gasteiger partial charge in [-0.2, -0.15) is 0 Å². The molecule has 6 aromatic carbocycles. The Morgan fingerprint density at radius 2 is 1.27 bits per heavy atom. The van der Waals surface area contributed by atoms with E-state index in [0.717, 1.165) is 24.0 Å². The van der Waals surface area contributed by atoms with Crippen LogP contribution in [0.5, 0.6) is 0 Å². The summed E-state index contributed by atoms with van der Waals surface area (Å²) in [4.78, 5) is 2.50. The lowest BCUT2D eigenvalue weighted by Crippen LogP contribution is -2.31. The third-order valence-electron chi connectivity index (χ3n) is 8.54. The predicted molar refractivity (Wildman–Crippen MR) is 169 cm³/mol. The van der Waals surface area contributed by atoms with Crippen molar-refractivity contribution in [1.82, 2.24) is 0 Å². The van der Waals surface area contributed by atoms with Crippen molar-refractivity contribution < 1.29 is 4.42 Å². The zero-order chi connectivity index (χ0) is 26.5. The second-order valence-electron chi connectivity index (χ2n) is 10.9. The number of rotatable bonds is 4. The van der Waals surface area contributed by atoms with E-state index in [9.17, 15) is 0 Å². The summed E-state index contributed by atoms with van der Waals surface area (Å²) in [5.74, 6) is 0.476. The molecule has 8 rings (SSSR count). The molecule has 2 atom stereocenters. The number of furan rings is 1. The highest BCUT2D eigenvalue weighted by molar-refractivity contribution is 6.23. The van der Waals surface area contributed by atoms with Crippen molar-refractivity contribution in [3.8, 4) is 0 Å². The Kier molecular flexibility index (Phi) is 5.44. The average Bonchev–Trinajstić information content (AvgIpc) is 3.41. The number of anilines is 2. The molecular weight excluding hydrogens is 486 g/mol. The lowest BCUT2D eigenvalue weighted by atomic mass is 9.86. The van der Waals surface area contributed by atoms with Gasteiger partial charge >= 0.3 is 0 Å². The highest BCUT2D eigenvalue weighted by Gasteiger charge is 2.24. The van der Waals surface area contributed by atoms with Gasteiger partial charge in [0.25, 0.3) is 0 Å². The molecular formula is C38H29NO. The molecule has 40 heavy (non-hydrogen) atoms. The maximum absolute atomic E-state index is 6.44. The second-order valence-corrected chi connectivity index (χ2v) is 10.9. The van der Waals surface area contributed by atoms with Gasteiger partial charge in [0.05, 0.1) is 6.04 Å². The van der Waals surface area contributed by atoms with Gasteiger partial charge in [-0.15, -0.1) is 0 Å². The minimum absolute atomic E-state index is 0.294. The first kappa shape index (κ1) is 23.1. The largest absolute Gasteiger partial charge is 0.455 e. The van der Waals surface area contributed by atoms with E-state index < -0.39 is 0 Å². The van der Waals surface area contributed by atoms with Gasteiger partial charge in [0.2, 0.25) is 0 Å². The van der Waals surface area contributed by atoms with E-state index in [4.69, 9.17) is 4.42 Å². The number of benzene rings is 6. The Morgan fingerprint density at radius 1 is 0.550 bits per heavy atom. The first-order valence-corrected chi connectivity index (χ1v) is 14.2. The van der Waals surface area contributed by atoms with E-state index in [1.54, 1.807) is 0 Å². The van der Waals surface area contributed by atoms with Crippen molar-refractivity contribution >= 4 is 54.9 Å². The SMILES string of the molecule is C1=CC(N(c2ccccc2)c2ccc3c(ccc4ccc5c6ccccc6oc5c43)c2)CCC1c1ccccc1. The molecule has 0 fully saturated rings. The summed E-state index contributed by atoms with van der Waals surface area (Å²) in [5, 5.41) is 7.18. The number of hydrogen-bond donors (Lipinski definition) is 0. The first-order valence-electron chi connectivity index (χ1n) is 14.2. The number of fused-ring (bicyclic) bond motifs is 7. The van der Waals surface area contributed by atoms with Crippen molar-refractivity contribution in [3.63, 3.8) is 0 Å². The Labute approximate surface area is 233 Å². The van der Waals surface area contributed by atoms with Crippen molar-refractivity contribution in [1.29, 1.82) is 0 Å². The van der Waals surface area contributed by atoms with Gasteiger partial charge in [-0.05, 0) is 71.0 Å². The number of allylic oxidation sites excluding steroid dienone is 1. The topological polar surface area (TPSA) is 16.4 Å². The molecule has 2 unspecified atom stereocenters. The Balaban J connectivity index is 1.25. The van der Waals surface area contributed by atoms with Crippen molar-refractivity contribution in [2.24, 2.45) is 0 Å². The number of hydrogen-bond acceptors (Lipinski definition) is 2. The van der Waals surface area contributed by atoms with Crippen LogP contribution in [0.15, 0.2) is 144 Å². The molecule has 0 spiro atoms. The van der Waals surface area contributed by atoms with Crippen LogP contribution in [0.2, 0.25) is 0 Å². The van der Waals surface area contributed by atoms with Crippen LogP contribution in [-0.2, 0) is 0 Å². The van der Waals surface area contributed by atoms with E-state index in [0.29, 0.717) is 12.0 Å². The van der Waals surface area contributed by atoms with Crippen LogP contribution >= 0.6 is 0 Å². The number of nitrogens with zero attached hydrogens (tertiary/aromatic N) is 1. The highest BCUT2D eigenvalue weighted by atomic mass is 16.3. The fourth-order valence-electron chi connectivity index (χ4n) is 6.58. The van der Waals surface area contributed by atoms with Crippen LogP contribution in [0.1, 0.15) is 24.3 Å². The molecule has 1 aromatic heterocycles. The summed E-state index contributed by atoms with van der Waals surface area (Å²) in [6, 6.07) is 46.1. The highest BCUT2D eigenvalue weighted by Crippen LogP contribution is 2.40. The van der Waals surface area contributed by atoms with Crippen molar-refractivity contribution in [2.75, 3.05) is 4.90 Å². The van der Waals surface area contributed by atoms with E-state index in [-0.39, 0.29) is 0 Å². The third kappa shape index (κ3) is 3.79. The van der Waals surface area contributed by atoms with Crippen LogP contribution in [-0.4, -0.2) is 6.04 Å². The Hall–Kier alpha value is -4.82. The molecule has 0 amide bonds. The van der Waals surface area contributed by atoms with Gasteiger partial charge in [0.15, 0.2) is 0 Å². The molecule has 1 heterocycles. The lowest BCUT2D eigenvalue weighted by molar-refractivity contribution is 0.586. The molecule has 192 valence electrons. The molecule has 1 aliphatic carbocycles. The van der Waals surface area contributed by atoms with Gasteiger partial charge in [0, 0.05) is 33.5 Å². The summed E-state index contributed by atoms with van der Waals surface area (Å²) < 4.78 is 6.44. The fourth-order valence-corrected chi connectivity index (χ4v) is 6.58. The molecule has 7 aromatic rings. The zero-order valence-electron chi connectivity index (χ0n) is 22.2. The maximum Gasteiger partial charge on any atom is 0.143 e. The van der Waals surface area contributed by atoms with Crippen molar-refractivity contribution in [3.05, 3.63) is 145 Å². The third-order valence-corrected chi connectivity index (χ3v) is 8.54. The molecule has 0 bridgehead atoms. The average molecular weight is 516 g/mol. The summed E-state index contributed by atoms with van der Waals surface area (Å²) in [7, 11) is 0. The van der Waals surface area contributed by atoms with E-state index in [2.05, 4.69) is 138 Å². The van der Waals surface area contributed by atoms with Crippen molar-refractivity contribution in [2.45, 2.75) is 24.8 Å². The van der Waals surface area contributed by atoms with E-state index >= 15 is 0 Å². The summed E-state index contributed by atoms with van der Waals surface area (Å²) in [5.41, 5.74) is 5.74. The minimum atomic E-state index is 0.294. The lowest BCUT2D eigenvalue weighted by Gasteiger charge is -2.35. The van der Waals surface area contributed by atoms with Crippen LogP contribution in [0, 0.1) is 0 Å². The first-order chi connectivity index (χ1) is 19.8. The van der Waals surface area contributed by atoms with E-state index in [1.165, 1.54) is 49.3 Å². The minimum Gasteiger partial charge on any atom is -0.455 e. The quantitative estimate of drug-likeness (QED) is 0.171. The standard InChI is InChI=1S/C38H29NO/c1-3-9-26(10-4-1)27-17-20-31(21-18-27)39(30-11-5-2-6-12-30)32-22-24-33-29(25-32)16-15-28-19-23-35-34-13-7-8-14-36(34)40-38(35)37(28)33/h1-17,19-20,22-25,27,31H,18,21H2. The fraction of sp³-hybridized carbons (Fsp3) is 0.105. The van der Waals surface area contributed by atoms with Crippen LogP contribution in [0.4, 0.5) is 11.4 Å². The molecule has 2 nitrogen and oxygen atoms in total. The molecule has 0 N–H and O–H groups in total. The Bertz CT molecular complexity index is 2020. The van der Waals surface area contributed by atoms with Gasteiger partial charge < -0.3 is 9.32 Å². The zero-order valence-corrected chi connectivity index (χ0v) is 22.2. The molecule has 2 heteroatoms. The number of para-hydroxylation sites is 2. The van der Waals surface area contributed by atoms with Crippen LogP contribution < -0.4 is 4.90 Å². The predicted octanol–water partition coefficient (Wildman–Crippen LogP) is 10.5. The van der Waals surface area contributed by atoms with Crippen LogP contribution in [0.3, 0.4) is 0 Å². The Morgan fingerprint density at radius 3 is 2.10 bits per heavy atom. The molecule has 0 saturated heterocycles. The van der Waals surface area contributed by atoms with Gasteiger partial charge in [-0.1, -0.05) is 103 Å². The second kappa shape index (κ2) is 9.43. The smallest absolute Gasteiger partial charge is 0.143 e. The van der Waals surface area contributed by atoms with Gasteiger partial charge in [0.1, 0.15) is 11.2 Å². The van der Waals surface area contributed by atoms with Crippen LogP contribution in [0.25, 0.3) is 43.5 Å². The van der Waals surface area contributed by atoms with Gasteiger partial charge in [-0.3, -0.25) is 0 Å². The summed E-state index contributed by atoms with van der Waals surface area (Å²) in [6.45, 7) is 0. The monoisotopic (exact) mass is 515 g/mol. The van der Waals surface area contributed by atoms with Gasteiger partial charge in [-0.25, -0.2) is 0 Å². The summed E-state index contributed by atoms with van der Waals surface area (Å²) >= 11 is 0. The molecule has 0 aliphatic heterocycles. The summed E-state index contributed by atoms with van der Waals surface area (Å²) in [6.07, 6.45) is 7.06. The molecule has 0 saturated carbocycles. The molecule has 0 radical (unpaired) electrons. The molecule has 1 aliphatic rings.